The number of ether oxygens (including phenoxy) is 2. The number of rotatable bonds is 9. The van der Waals surface area contributed by atoms with Crippen LogP contribution in [0.25, 0.3) is 0 Å². The molecular weight excluding hydrogens is 487 g/mol. The summed E-state index contributed by atoms with van der Waals surface area (Å²) >= 11 is 0. The van der Waals surface area contributed by atoms with Crippen molar-refractivity contribution in [2.75, 3.05) is 6.61 Å². The Morgan fingerprint density at radius 2 is 1.35 bits per heavy atom. The smallest absolute Gasteiger partial charge is 0.426 e. The Morgan fingerprint density at radius 3 is 1.89 bits per heavy atom. The lowest BCUT2D eigenvalue weighted by Crippen LogP contribution is -2.22. The molecule has 0 heterocycles. The van der Waals surface area contributed by atoms with Crippen LogP contribution in [-0.4, -0.2) is 12.7 Å². The van der Waals surface area contributed by atoms with Crippen LogP contribution in [0.2, 0.25) is 0 Å². The van der Waals surface area contributed by atoms with Crippen molar-refractivity contribution >= 4 is 0 Å². The van der Waals surface area contributed by atoms with Gasteiger partial charge in [0.05, 0.1) is 11.7 Å². The van der Waals surface area contributed by atoms with E-state index in [0.717, 1.165) is 57.1 Å². The highest BCUT2D eigenvalue weighted by atomic mass is 19.3. The lowest BCUT2D eigenvalue weighted by atomic mass is 9.77. The Morgan fingerprint density at radius 1 is 0.811 bits per heavy atom. The highest BCUT2D eigenvalue weighted by Crippen LogP contribution is 2.39. The van der Waals surface area contributed by atoms with E-state index in [1.165, 1.54) is 25.0 Å². The summed E-state index contributed by atoms with van der Waals surface area (Å²) in [5.74, 6) is -4.19. The number of hydrogen-bond acceptors (Lipinski definition) is 2. The summed E-state index contributed by atoms with van der Waals surface area (Å²) in [6.45, 7) is 2.99. The molecule has 0 saturated heterocycles. The average molecular weight is 523 g/mol. The number of allylic oxidation sites excluding steroid dienone is 2. The fraction of sp³-hybridized carbons (Fsp3) is 0.533. The summed E-state index contributed by atoms with van der Waals surface area (Å²) < 4.78 is 79.3. The molecule has 0 atom stereocenters. The van der Waals surface area contributed by atoms with Crippen LogP contribution in [-0.2, 0) is 10.8 Å². The maximum Gasteiger partial charge on any atom is 0.426 e. The fourth-order valence-corrected chi connectivity index (χ4v) is 5.44. The lowest BCUT2D eigenvalue weighted by Gasteiger charge is -2.29. The van der Waals surface area contributed by atoms with Crippen LogP contribution >= 0.6 is 0 Å². The van der Waals surface area contributed by atoms with E-state index in [9.17, 15) is 22.0 Å². The molecule has 2 aromatic carbocycles. The van der Waals surface area contributed by atoms with Crippen molar-refractivity contribution in [2.45, 2.75) is 82.8 Å². The Hall–Kier alpha value is -2.41. The third kappa shape index (κ3) is 7.34. The molecule has 0 aromatic heterocycles. The third-order valence-electron chi connectivity index (χ3n) is 7.63. The minimum absolute atomic E-state index is 0.305. The zero-order valence-corrected chi connectivity index (χ0v) is 21.2. The van der Waals surface area contributed by atoms with Gasteiger partial charge in [-0.2, -0.15) is 8.78 Å². The van der Waals surface area contributed by atoms with Crippen LogP contribution in [0.3, 0.4) is 0 Å². The van der Waals surface area contributed by atoms with Gasteiger partial charge in [-0.15, -0.1) is 0 Å². The first-order valence-electron chi connectivity index (χ1n) is 13.4. The Bertz CT molecular complexity index is 1010. The summed E-state index contributed by atoms with van der Waals surface area (Å²) in [5, 5.41) is 0. The van der Waals surface area contributed by atoms with Gasteiger partial charge >= 0.3 is 6.11 Å². The number of halogens is 5. The second-order valence-corrected chi connectivity index (χ2v) is 10.3. The average Bonchev–Trinajstić information content (AvgIpc) is 2.90. The van der Waals surface area contributed by atoms with Crippen molar-refractivity contribution in [2.24, 2.45) is 11.8 Å². The first kappa shape index (κ1) is 27.6. The summed E-state index contributed by atoms with van der Waals surface area (Å²) in [6.07, 6.45) is 11.2. The summed E-state index contributed by atoms with van der Waals surface area (Å²) in [6, 6.07) is 6.69. The van der Waals surface area contributed by atoms with E-state index < -0.39 is 34.9 Å². The van der Waals surface area contributed by atoms with Gasteiger partial charge in [-0.05, 0) is 93.2 Å². The topological polar surface area (TPSA) is 18.5 Å². The quantitative estimate of drug-likeness (QED) is 0.186. The molecule has 2 saturated carbocycles. The Labute approximate surface area is 215 Å². The van der Waals surface area contributed by atoms with Crippen LogP contribution in [0.15, 0.2) is 48.6 Å². The minimum atomic E-state index is -3.82. The van der Waals surface area contributed by atoms with Gasteiger partial charge in [0, 0.05) is 18.7 Å². The van der Waals surface area contributed by atoms with Gasteiger partial charge in [0.2, 0.25) is 0 Å². The third-order valence-corrected chi connectivity index (χ3v) is 7.63. The standard InChI is InChI=1S/C30H35F5O2/c1-2-17-36-25-15-7-21(8-16-25)4-3-20-5-9-22(10-6-20)23-11-13-24(14-12-23)30(34,35)37-26-18-27(31)29(33)28(32)19-26/h3-4,11-14,18-22,25H,2,5-10,15-17H2,1H3/b4-3+. The molecule has 2 aliphatic carbocycles. The first-order valence-corrected chi connectivity index (χ1v) is 13.4. The largest absolute Gasteiger partial charge is 0.429 e. The maximum atomic E-state index is 14.6. The number of alkyl halides is 2. The van der Waals surface area contributed by atoms with Crippen LogP contribution in [0.4, 0.5) is 22.0 Å². The van der Waals surface area contributed by atoms with Crippen LogP contribution in [0, 0.1) is 29.3 Å². The van der Waals surface area contributed by atoms with Gasteiger partial charge in [-0.25, -0.2) is 13.2 Å². The second kappa shape index (κ2) is 12.4. The molecule has 2 aromatic rings. The van der Waals surface area contributed by atoms with E-state index in [0.29, 0.717) is 36.0 Å². The molecule has 0 amide bonds. The first-order chi connectivity index (χ1) is 17.7. The summed E-state index contributed by atoms with van der Waals surface area (Å²) in [7, 11) is 0. The van der Waals surface area contributed by atoms with Gasteiger partial charge < -0.3 is 9.47 Å². The molecule has 4 rings (SSSR count). The van der Waals surface area contributed by atoms with Crippen LogP contribution in [0.1, 0.15) is 81.8 Å². The molecule has 2 nitrogen and oxygen atoms in total. The predicted octanol–water partition coefficient (Wildman–Crippen LogP) is 9.05. The van der Waals surface area contributed by atoms with Gasteiger partial charge in [0.25, 0.3) is 0 Å². The number of benzene rings is 2. The Balaban J connectivity index is 1.26. The van der Waals surface area contributed by atoms with E-state index in [1.54, 1.807) is 12.1 Å². The second-order valence-electron chi connectivity index (χ2n) is 10.3. The molecule has 0 radical (unpaired) electrons. The van der Waals surface area contributed by atoms with Crippen molar-refractivity contribution < 1.29 is 31.4 Å². The lowest BCUT2D eigenvalue weighted by molar-refractivity contribution is -0.185. The van der Waals surface area contributed by atoms with E-state index in [1.807, 2.05) is 0 Å². The monoisotopic (exact) mass is 522 g/mol. The molecular formula is C30H35F5O2. The molecule has 37 heavy (non-hydrogen) atoms. The van der Waals surface area contributed by atoms with Crippen molar-refractivity contribution in [3.05, 3.63) is 77.1 Å². The highest BCUT2D eigenvalue weighted by Gasteiger charge is 2.35. The Kier molecular flexibility index (Phi) is 9.27. The van der Waals surface area contributed by atoms with Crippen LogP contribution in [0.5, 0.6) is 5.75 Å². The molecule has 0 spiro atoms. The van der Waals surface area contributed by atoms with E-state index >= 15 is 0 Å². The van der Waals surface area contributed by atoms with E-state index in [4.69, 9.17) is 4.74 Å². The summed E-state index contributed by atoms with van der Waals surface area (Å²) in [5.41, 5.74) is 0.555. The van der Waals surface area contributed by atoms with Crippen molar-refractivity contribution in [1.29, 1.82) is 0 Å². The molecule has 202 valence electrons. The summed E-state index contributed by atoms with van der Waals surface area (Å²) in [4.78, 5) is 0. The zero-order valence-electron chi connectivity index (χ0n) is 21.2. The van der Waals surface area contributed by atoms with Crippen molar-refractivity contribution in [3.63, 3.8) is 0 Å². The van der Waals surface area contributed by atoms with E-state index in [-0.39, 0.29) is 0 Å². The van der Waals surface area contributed by atoms with Gasteiger partial charge in [0.15, 0.2) is 17.5 Å². The van der Waals surface area contributed by atoms with Gasteiger partial charge in [-0.3, -0.25) is 0 Å². The van der Waals surface area contributed by atoms with Crippen LogP contribution < -0.4 is 4.74 Å². The number of hydrogen-bond donors (Lipinski definition) is 0. The normalized spacial score (nSPS) is 24.9. The molecule has 0 aliphatic heterocycles. The molecule has 2 aliphatic rings. The zero-order chi connectivity index (χ0) is 26.4. The molecule has 2 fully saturated rings. The SMILES string of the molecule is CCCOC1CCC(/C=C/C2CCC(c3ccc(C(F)(F)Oc4cc(F)c(F)c(F)c4)cc3)CC2)CC1. The predicted molar refractivity (Wildman–Crippen MR) is 133 cm³/mol. The van der Waals surface area contributed by atoms with E-state index in [2.05, 4.69) is 23.8 Å². The molecule has 7 heteroatoms. The molecule has 0 bridgehead atoms. The van der Waals surface area contributed by atoms with Gasteiger partial charge in [0.1, 0.15) is 5.75 Å². The maximum absolute atomic E-state index is 14.6. The molecule has 0 unspecified atom stereocenters. The van der Waals surface area contributed by atoms with Crippen molar-refractivity contribution in [1.82, 2.24) is 0 Å². The van der Waals surface area contributed by atoms with Crippen molar-refractivity contribution in [3.8, 4) is 5.75 Å². The van der Waals surface area contributed by atoms with Gasteiger partial charge in [-0.1, -0.05) is 31.2 Å². The molecule has 0 N–H and O–H groups in total. The minimum Gasteiger partial charge on any atom is -0.429 e. The highest BCUT2D eigenvalue weighted by molar-refractivity contribution is 5.30. The fourth-order valence-electron chi connectivity index (χ4n) is 5.44.